The number of nitrogens with one attached hydrogen (secondary N) is 1. The highest BCUT2D eigenvalue weighted by Gasteiger charge is 2.13. The normalized spacial score (nSPS) is 15.3. The average Bonchev–Trinajstić information content (AvgIpc) is 2.63. The molecule has 2 aromatic carbocycles. The summed E-state index contributed by atoms with van der Waals surface area (Å²) < 4.78 is 0. The summed E-state index contributed by atoms with van der Waals surface area (Å²) in [5.41, 5.74) is 8.33. The van der Waals surface area contributed by atoms with Crippen molar-refractivity contribution in [1.82, 2.24) is 10.3 Å². The zero-order chi connectivity index (χ0) is 18.5. The van der Waals surface area contributed by atoms with Crippen molar-refractivity contribution in [2.75, 3.05) is 12.8 Å². The fourth-order valence-electron chi connectivity index (χ4n) is 2.52. The van der Waals surface area contributed by atoms with Gasteiger partial charge in [-0.15, -0.1) is 0 Å². The number of aliphatic imine (C=N–C) groups is 1. The lowest BCUT2D eigenvalue weighted by atomic mass is 10.1. The molecule has 0 bridgehead atoms. The van der Waals surface area contributed by atoms with Gasteiger partial charge in [0.1, 0.15) is 0 Å². The van der Waals surface area contributed by atoms with E-state index in [-0.39, 0.29) is 5.91 Å². The van der Waals surface area contributed by atoms with Gasteiger partial charge in [0.2, 0.25) is 5.91 Å². The van der Waals surface area contributed by atoms with Crippen molar-refractivity contribution in [3.63, 3.8) is 0 Å². The Kier molecular flexibility index (Phi) is 5.73. The molecule has 0 radical (unpaired) electrons. The fraction of sp³-hybridized carbons (Fsp3) is 0.250. The molecule has 0 aromatic heterocycles. The largest absolute Gasteiger partial charge is 0.342 e. The van der Waals surface area contributed by atoms with Crippen LogP contribution in [0.2, 0.25) is 0 Å². The molecule has 0 aliphatic carbocycles. The van der Waals surface area contributed by atoms with E-state index < -0.39 is 0 Å². The Morgan fingerprint density at radius 2 is 2.04 bits per heavy atom. The summed E-state index contributed by atoms with van der Waals surface area (Å²) in [6.07, 6.45) is 0. The molecule has 3 rings (SSSR count). The van der Waals surface area contributed by atoms with Crippen molar-refractivity contribution in [3.05, 3.63) is 65.2 Å². The van der Waals surface area contributed by atoms with Gasteiger partial charge in [-0.1, -0.05) is 48.2 Å². The first-order valence-electron chi connectivity index (χ1n) is 8.43. The van der Waals surface area contributed by atoms with Crippen LogP contribution in [-0.4, -0.2) is 34.5 Å². The zero-order valence-electron chi connectivity index (χ0n) is 15.2. The molecule has 1 amide bonds. The van der Waals surface area contributed by atoms with Gasteiger partial charge in [-0.25, -0.2) is 4.99 Å². The number of hydrogen-bond donors (Lipinski definition) is 1. The third kappa shape index (κ3) is 4.73. The van der Waals surface area contributed by atoms with Crippen molar-refractivity contribution >= 4 is 34.2 Å². The predicted octanol–water partition coefficient (Wildman–Crippen LogP) is 3.70. The number of amidine groups is 1. The molecule has 1 heterocycles. The van der Waals surface area contributed by atoms with E-state index in [0.717, 1.165) is 33.4 Å². The summed E-state index contributed by atoms with van der Waals surface area (Å²) in [6.45, 7) is 4.24. The number of carbonyl (C=O) groups excluding carboxylic acids is 1. The third-order valence-electron chi connectivity index (χ3n) is 4.11. The minimum atomic E-state index is 0.0618. The zero-order valence-corrected chi connectivity index (χ0v) is 16.0. The Bertz CT molecular complexity index is 858. The Balaban J connectivity index is 1.66. The van der Waals surface area contributed by atoms with Gasteiger partial charge >= 0.3 is 0 Å². The molecule has 6 heteroatoms. The summed E-state index contributed by atoms with van der Waals surface area (Å²) in [6, 6.07) is 16.3. The molecular weight excluding hydrogens is 344 g/mol. The second-order valence-corrected chi connectivity index (χ2v) is 7.25. The van der Waals surface area contributed by atoms with Crippen molar-refractivity contribution in [2.24, 2.45) is 10.1 Å². The molecule has 0 fully saturated rings. The lowest BCUT2D eigenvalue weighted by molar-refractivity contribution is -0.128. The number of carbonyl (C=O) groups is 1. The monoisotopic (exact) mass is 366 g/mol. The summed E-state index contributed by atoms with van der Waals surface area (Å²) in [4.78, 5) is 17.6. The SMILES string of the molecule is CC(=O)N(C)Cc1ccc(C2=NNC(=Nc3cccc(C)c3)SC2)cc1. The first-order valence-corrected chi connectivity index (χ1v) is 9.41. The number of hydrazone groups is 1. The van der Waals surface area contributed by atoms with E-state index in [1.54, 1.807) is 30.6 Å². The number of rotatable bonds is 4. The molecule has 0 atom stereocenters. The predicted molar refractivity (Wildman–Crippen MR) is 109 cm³/mol. The van der Waals surface area contributed by atoms with E-state index in [1.165, 1.54) is 5.56 Å². The number of nitrogens with zero attached hydrogens (tertiary/aromatic N) is 3. The molecule has 1 N–H and O–H groups in total. The summed E-state index contributed by atoms with van der Waals surface area (Å²) >= 11 is 1.64. The van der Waals surface area contributed by atoms with Crippen LogP contribution in [-0.2, 0) is 11.3 Å². The molecule has 5 nitrogen and oxygen atoms in total. The second-order valence-electron chi connectivity index (χ2n) is 6.29. The van der Waals surface area contributed by atoms with Crippen LogP contribution >= 0.6 is 11.8 Å². The van der Waals surface area contributed by atoms with E-state index in [2.05, 4.69) is 28.5 Å². The fourth-order valence-corrected chi connectivity index (χ4v) is 3.31. The quantitative estimate of drug-likeness (QED) is 0.898. The molecule has 0 saturated heterocycles. The summed E-state index contributed by atoms with van der Waals surface area (Å²) in [5, 5.41) is 5.27. The second kappa shape index (κ2) is 8.19. The van der Waals surface area contributed by atoms with Gasteiger partial charge in [-0.3, -0.25) is 10.2 Å². The topological polar surface area (TPSA) is 57.1 Å². The van der Waals surface area contributed by atoms with Crippen LogP contribution in [0, 0.1) is 6.92 Å². The highest BCUT2D eigenvalue weighted by Crippen LogP contribution is 2.19. The first kappa shape index (κ1) is 18.2. The molecule has 1 aliphatic heterocycles. The van der Waals surface area contributed by atoms with Crippen molar-refractivity contribution in [2.45, 2.75) is 20.4 Å². The van der Waals surface area contributed by atoms with Gasteiger partial charge in [-0.05, 0) is 35.7 Å². The molecule has 0 spiro atoms. The van der Waals surface area contributed by atoms with Crippen LogP contribution in [0.3, 0.4) is 0 Å². The number of hydrogen-bond acceptors (Lipinski definition) is 4. The molecule has 1 aliphatic rings. The van der Waals surface area contributed by atoms with Crippen LogP contribution in [0.1, 0.15) is 23.6 Å². The minimum Gasteiger partial charge on any atom is -0.342 e. The Morgan fingerprint density at radius 1 is 1.27 bits per heavy atom. The minimum absolute atomic E-state index is 0.0618. The molecule has 2 aromatic rings. The maximum atomic E-state index is 11.3. The Labute approximate surface area is 158 Å². The van der Waals surface area contributed by atoms with Gasteiger partial charge in [0, 0.05) is 26.3 Å². The van der Waals surface area contributed by atoms with Crippen molar-refractivity contribution in [1.29, 1.82) is 0 Å². The highest BCUT2D eigenvalue weighted by molar-refractivity contribution is 8.14. The molecular formula is C20H22N4OS. The summed E-state index contributed by atoms with van der Waals surface area (Å²) in [5.74, 6) is 0.830. The van der Waals surface area contributed by atoms with Crippen LogP contribution in [0.15, 0.2) is 58.6 Å². The lowest BCUT2D eigenvalue weighted by Gasteiger charge is -2.17. The summed E-state index contributed by atoms with van der Waals surface area (Å²) in [7, 11) is 1.80. The third-order valence-corrected chi connectivity index (χ3v) is 4.98. The number of thioether (sulfide) groups is 1. The van der Waals surface area contributed by atoms with E-state index >= 15 is 0 Å². The maximum absolute atomic E-state index is 11.3. The van der Waals surface area contributed by atoms with Crippen LogP contribution in [0.4, 0.5) is 5.69 Å². The standard InChI is InChI=1S/C20H22N4OS/c1-14-5-4-6-18(11-14)21-20-23-22-19(13-26-20)17-9-7-16(8-10-17)12-24(3)15(2)25/h4-11H,12-13H2,1-3H3,(H,21,23). The van der Waals surface area contributed by atoms with Crippen molar-refractivity contribution < 1.29 is 4.79 Å². The average molecular weight is 366 g/mol. The van der Waals surface area contributed by atoms with Crippen molar-refractivity contribution in [3.8, 4) is 0 Å². The van der Waals surface area contributed by atoms with E-state index in [1.807, 2.05) is 42.5 Å². The Morgan fingerprint density at radius 3 is 2.65 bits per heavy atom. The van der Waals surface area contributed by atoms with E-state index in [0.29, 0.717) is 6.54 Å². The van der Waals surface area contributed by atoms with Crippen LogP contribution in [0.25, 0.3) is 0 Å². The number of amides is 1. The smallest absolute Gasteiger partial charge is 0.219 e. The highest BCUT2D eigenvalue weighted by atomic mass is 32.2. The van der Waals surface area contributed by atoms with E-state index in [4.69, 9.17) is 0 Å². The molecule has 26 heavy (non-hydrogen) atoms. The number of benzene rings is 2. The van der Waals surface area contributed by atoms with Gasteiger partial charge in [0.25, 0.3) is 0 Å². The van der Waals surface area contributed by atoms with Gasteiger partial charge in [0.15, 0.2) is 5.17 Å². The first-order chi connectivity index (χ1) is 12.5. The molecule has 0 unspecified atom stereocenters. The van der Waals surface area contributed by atoms with Gasteiger partial charge in [-0.2, -0.15) is 5.10 Å². The maximum Gasteiger partial charge on any atom is 0.219 e. The lowest BCUT2D eigenvalue weighted by Crippen LogP contribution is -2.25. The molecule has 134 valence electrons. The van der Waals surface area contributed by atoms with E-state index in [9.17, 15) is 4.79 Å². The van der Waals surface area contributed by atoms with Gasteiger partial charge in [0.05, 0.1) is 11.4 Å². The number of aryl methyl sites for hydroxylation is 1. The van der Waals surface area contributed by atoms with Gasteiger partial charge < -0.3 is 4.90 Å². The Hall–Kier alpha value is -2.60. The van der Waals surface area contributed by atoms with Crippen LogP contribution in [0.5, 0.6) is 0 Å². The molecule has 0 saturated carbocycles. The van der Waals surface area contributed by atoms with Crippen LogP contribution < -0.4 is 5.43 Å².